The van der Waals surface area contributed by atoms with Crippen LogP contribution in [0.1, 0.15) is 24.4 Å². The highest BCUT2D eigenvalue weighted by Gasteiger charge is 2.52. The van der Waals surface area contributed by atoms with Crippen molar-refractivity contribution in [3.05, 3.63) is 23.7 Å². The first-order chi connectivity index (χ1) is 10.4. The van der Waals surface area contributed by atoms with Crippen LogP contribution in [0.15, 0.2) is 16.5 Å². The fourth-order valence-electron chi connectivity index (χ4n) is 3.57. The predicted molar refractivity (Wildman–Crippen MR) is 83.0 cm³/mol. The first-order valence-corrected chi connectivity index (χ1v) is 9.62. The molecule has 1 aromatic heterocycles. The molecule has 2 fully saturated rings. The van der Waals surface area contributed by atoms with Crippen LogP contribution in [0.3, 0.4) is 0 Å². The van der Waals surface area contributed by atoms with Crippen molar-refractivity contribution in [1.29, 1.82) is 0 Å². The number of furan rings is 1. The van der Waals surface area contributed by atoms with Gasteiger partial charge in [-0.2, -0.15) is 0 Å². The second kappa shape index (κ2) is 5.96. The van der Waals surface area contributed by atoms with Crippen molar-refractivity contribution in [2.24, 2.45) is 5.92 Å². The minimum absolute atomic E-state index is 0.0825. The third-order valence-corrected chi connectivity index (χ3v) is 5.34. The van der Waals surface area contributed by atoms with Crippen molar-refractivity contribution in [3.63, 3.8) is 0 Å². The molecule has 2 aliphatic heterocycles. The average Bonchev–Trinajstić information content (AvgIpc) is 2.95. The summed E-state index contributed by atoms with van der Waals surface area (Å²) in [5, 5.41) is 0. The van der Waals surface area contributed by atoms with Crippen LogP contribution in [0.2, 0.25) is 0 Å². The number of hydrogen-bond acceptors (Lipinski definition) is 5. The van der Waals surface area contributed by atoms with Crippen LogP contribution in [0.4, 0.5) is 0 Å². The van der Waals surface area contributed by atoms with Crippen molar-refractivity contribution in [2.75, 3.05) is 32.5 Å². The number of nitrogens with zero attached hydrogens (tertiary/aromatic N) is 1. The van der Waals surface area contributed by atoms with E-state index in [1.807, 2.05) is 19.1 Å². The molecule has 0 amide bonds. The first-order valence-electron chi connectivity index (χ1n) is 7.73. The van der Waals surface area contributed by atoms with Gasteiger partial charge in [0.05, 0.1) is 18.4 Å². The predicted octanol–water partition coefficient (Wildman–Crippen LogP) is 1.12. The van der Waals surface area contributed by atoms with Crippen molar-refractivity contribution >= 4 is 10.0 Å². The summed E-state index contributed by atoms with van der Waals surface area (Å²) in [4.78, 5) is 2.32. The van der Waals surface area contributed by atoms with Crippen molar-refractivity contribution in [2.45, 2.75) is 31.9 Å². The zero-order valence-electron chi connectivity index (χ0n) is 13.2. The lowest BCUT2D eigenvalue weighted by atomic mass is 9.79. The summed E-state index contributed by atoms with van der Waals surface area (Å²) in [6, 6.07) is 4.00. The Morgan fingerprint density at radius 1 is 1.41 bits per heavy atom. The van der Waals surface area contributed by atoms with Gasteiger partial charge in [0.1, 0.15) is 11.5 Å². The Labute approximate surface area is 131 Å². The van der Waals surface area contributed by atoms with E-state index in [2.05, 4.69) is 9.62 Å². The number of hydrogen-bond donors (Lipinski definition) is 1. The van der Waals surface area contributed by atoms with E-state index in [1.54, 1.807) is 0 Å². The molecule has 3 rings (SSSR count). The van der Waals surface area contributed by atoms with Gasteiger partial charge in [-0.3, -0.25) is 4.90 Å². The maximum absolute atomic E-state index is 11.1. The Hall–Kier alpha value is -0.890. The van der Waals surface area contributed by atoms with E-state index in [0.29, 0.717) is 12.5 Å². The maximum atomic E-state index is 11.1. The van der Waals surface area contributed by atoms with Gasteiger partial charge in [0.25, 0.3) is 0 Å². The molecular formula is C15H24N2O4S. The second-order valence-electron chi connectivity index (χ2n) is 6.51. The molecule has 1 N–H and O–H groups in total. The summed E-state index contributed by atoms with van der Waals surface area (Å²) in [7, 11) is -3.10. The molecule has 1 atom stereocenters. The van der Waals surface area contributed by atoms with Crippen LogP contribution in [0, 0.1) is 12.8 Å². The van der Waals surface area contributed by atoms with Crippen LogP contribution in [0.25, 0.3) is 0 Å². The van der Waals surface area contributed by atoms with Gasteiger partial charge in [0.15, 0.2) is 0 Å². The van der Waals surface area contributed by atoms with E-state index in [0.717, 1.165) is 50.6 Å². The normalized spacial score (nSPS) is 24.7. The standard InChI is InChI=1S/C15H24N2O4S/c1-12-3-4-14(21-12)9-17-10-15(11-17)13(6-8-20-15)5-7-16-22(2,18)19/h3-4,13,16H,5-11H2,1-2H3. The SMILES string of the molecule is Cc1ccc(CN2CC3(C2)OCCC3CCNS(C)(=O)=O)o1. The molecule has 0 aliphatic carbocycles. The number of nitrogens with one attached hydrogen (secondary N) is 1. The smallest absolute Gasteiger partial charge is 0.208 e. The Morgan fingerprint density at radius 3 is 2.82 bits per heavy atom. The first kappa shape index (κ1) is 16.0. The molecule has 0 aromatic carbocycles. The fraction of sp³-hybridized carbons (Fsp3) is 0.733. The molecule has 2 saturated heterocycles. The summed E-state index contributed by atoms with van der Waals surface area (Å²) in [5.74, 6) is 2.35. The third kappa shape index (κ3) is 3.53. The van der Waals surface area contributed by atoms with Gasteiger partial charge in [0, 0.05) is 26.2 Å². The topological polar surface area (TPSA) is 71.8 Å². The summed E-state index contributed by atoms with van der Waals surface area (Å²) < 4.78 is 36.5. The highest BCUT2D eigenvalue weighted by atomic mass is 32.2. The zero-order valence-corrected chi connectivity index (χ0v) is 14.0. The molecule has 2 aliphatic rings. The van der Waals surface area contributed by atoms with Crippen molar-refractivity contribution < 1.29 is 17.6 Å². The zero-order chi connectivity index (χ0) is 15.8. The Bertz CT molecular complexity index is 619. The van der Waals surface area contributed by atoms with Crippen molar-refractivity contribution in [1.82, 2.24) is 9.62 Å². The summed E-state index contributed by atoms with van der Waals surface area (Å²) in [6.45, 7) is 5.83. The molecule has 1 unspecified atom stereocenters. The molecule has 7 heteroatoms. The van der Waals surface area contributed by atoms with Crippen LogP contribution < -0.4 is 4.72 Å². The third-order valence-electron chi connectivity index (χ3n) is 4.61. The van der Waals surface area contributed by atoms with E-state index in [1.165, 1.54) is 6.26 Å². The van der Waals surface area contributed by atoms with Gasteiger partial charge < -0.3 is 9.15 Å². The highest BCUT2D eigenvalue weighted by molar-refractivity contribution is 7.88. The van der Waals surface area contributed by atoms with E-state index in [-0.39, 0.29) is 5.60 Å². The van der Waals surface area contributed by atoms with E-state index in [4.69, 9.17) is 9.15 Å². The molecular weight excluding hydrogens is 304 g/mol. The minimum atomic E-state index is -3.10. The largest absolute Gasteiger partial charge is 0.465 e. The molecule has 22 heavy (non-hydrogen) atoms. The Kier molecular flexibility index (Phi) is 4.33. The fourth-order valence-corrected chi connectivity index (χ4v) is 4.06. The van der Waals surface area contributed by atoms with Gasteiger partial charge in [-0.1, -0.05) is 0 Å². The van der Waals surface area contributed by atoms with E-state index < -0.39 is 10.0 Å². The van der Waals surface area contributed by atoms with Crippen molar-refractivity contribution in [3.8, 4) is 0 Å². The van der Waals surface area contributed by atoms with Gasteiger partial charge in [0.2, 0.25) is 10.0 Å². The summed E-state index contributed by atoms with van der Waals surface area (Å²) in [5.41, 5.74) is -0.0825. The molecule has 6 nitrogen and oxygen atoms in total. The molecule has 0 radical (unpaired) electrons. The molecule has 3 heterocycles. The van der Waals surface area contributed by atoms with Gasteiger partial charge in [-0.25, -0.2) is 13.1 Å². The Balaban J connectivity index is 1.49. The quantitative estimate of drug-likeness (QED) is 0.847. The lowest BCUT2D eigenvalue weighted by molar-refractivity contribution is -0.138. The average molecular weight is 328 g/mol. The summed E-state index contributed by atoms with van der Waals surface area (Å²) in [6.07, 6.45) is 3.05. The second-order valence-corrected chi connectivity index (χ2v) is 8.34. The molecule has 1 spiro atoms. The maximum Gasteiger partial charge on any atom is 0.208 e. The van der Waals surface area contributed by atoms with Gasteiger partial charge >= 0.3 is 0 Å². The lowest BCUT2D eigenvalue weighted by Crippen LogP contribution is -2.64. The molecule has 0 bridgehead atoms. The van der Waals surface area contributed by atoms with Crippen LogP contribution in [0.5, 0.6) is 0 Å². The van der Waals surface area contributed by atoms with E-state index in [9.17, 15) is 8.42 Å². The monoisotopic (exact) mass is 328 g/mol. The Morgan fingerprint density at radius 2 is 2.18 bits per heavy atom. The molecule has 124 valence electrons. The molecule has 0 saturated carbocycles. The molecule has 1 aromatic rings. The lowest BCUT2D eigenvalue weighted by Gasteiger charge is -2.50. The van der Waals surface area contributed by atoms with Gasteiger partial charge in [-0.05, 0) is 37.8 Å². The number of likely N-dealkylation sites (tertiary alicyclic amines) is 1. The minimum Gasteiger partial charge on any atom is -0.465 e. The van der Waals surface area contributed by atoms with Crippen LogP contribution in [-0.2, 0) is 21.3 Å². The van der Waals surface area contributed by atoms with Gasteiger partial charge in [-0.15, -0.1) is 0 Å². The number of sulfonamides is 1. The number of aryl methyl sites for hydroxylation is 1. The van der Waals surface area contributed by atoms with Crippen LogP contribution >= 0.6 is 0 Å². The summed E-state index contributed by atoms with van der Waals surface area (Å²) >= 11 is 0. The number of rotatable bonds is 6. The number of ether oxygens (including phenoxy) is 1. The highest BCUT2D eigenvalue weighted by Crippen LogP contribution is 2.42. The van der Waals surface area contributed by atoms with Crippen LogP contribution in [-0.4, -0.2) is 51.4 Å². The van der Waals surface area contributed by atoms with E-state index >= 15 is 0 Å².